The van der Waals surface area contributed by atoms with Crippen LogP contribution in [0.25, 0.3) is 0 Å². The highest BCUT2D eigenvalue weighted by atomic mass is 16.3. The number of terminal acetylenes is 1. The third kappa shape index (κ3) is 2.27. The number of nitrogen functional groups attached to an aromatic ring is 1. The van der Waals surface area contributed by atoms with Gasteiger partial charge in [-0.3, -0.25) is 4.79 Å². The van der Waals surface area contributed by atoms with E-state index >= 15 is 0 Å². The number of nitrogens with two attached hydrogens (primary N) is 1. The monoisotopic (exact) mass is 178 g/mol. The Kier molecular flexibility index (Phi) is 2.98. The zero-order valence-corrected chi connectivity index (χ0v) is 7.04. The summed E-state index contributed by atoms with van der Waals surface area (Å²) in [5.41, 5.74) is 5.78. The van der Waals surface area contributed by atoms with Gasteiger partial charge in [0.2, 0.25) is 5.76 Å². The van der Waals surface area contributed by atoms with Gasteiger partial charge in [-0.25, -0.2) is 0 Å². The first kappa shape index (κ1) is 9.20. The molecule has 0 unspecified atom stereocenters. The van der Waals surface area contributed by atoms with Gasteiger partial charge in [-0.15, -0.1) is 12.3 Å². The minimum Gasteiger partial charge on any atom is -0.457 e. The molecule has 0 fully saturated rings. The first-order valence-corrected chi connectivity index (χ1v) is 3.80. The Morgan fingerprint density at radius 1 is 1.77 bits per heavy atom. The molecule has 0 bridgehead atoms. The largest absolute Gasteiger partial charge is 0.457 e. The van der Waals surface area contributed by atoms with Gasteiger partial charge in [0.25, 0.3) is 5.91 Å². The molecule has 1 heterocycles. The van der Waals surface area contributed by atoms with Gasteiger partial charge in [0, 0.05) is 19.0 Å². The second kappa shape index (κ2) is 4.21. The van der Waals surface area contributed by atoms with Gasteiger partial charge < -0.3 is 15.5 Å². The lowest BCUT2D eigenvalue weighted by molar-refractivity contribution is 0.0928. The molecule has 0 atom stereocenters. The highest BCUT2D eigenvalue weighted by Gasteiger charge is 2.11. The van der Waals surface area contributed by atoms with Crippen LogP contribution in [0.15, 0.2) is 16.7 Å². The van der Waals surface area contributed by atoms with Crippen LogP contribution >= 0.6 is 0 Å². The lowest BCUT2D eigenvalue weighted by Gasteiger charge is -1.99. The molecule has 1 aromatic rings. The molecule has 13 heavy (non-hydrogen) atoms. The molecule has 4 nitrogen and oxygen atoms in total. The van der Waals surface area contributed by atoms with E-state index in [1.165, 1.54) is 12.3 Å². The van der Waals surface area contributed by atoms with E-state index in [-0.39, 0.29) is 11.7 Å². The highest BCUT2D eigenvalue weighted by Crippen LogP contribution is 2.11. The number of furan rings is 1. The van der Waals surface area contributed by atoms with Crippen LogP contribution in [0.3, 0.4) is 0 Å². The second-order valence-electron chi connectivity index (χ2n) is 2.42. The smallest absolute Gasteiger partial charge is 0.289 e. The number of nitrogens with one attached hydrogen (secondary N) is 1. The lowest BCUT2D eigenvalue weighted by atomic mass is 10.3. The average molecular weight is 178 g/mol. The summed E-state index contributed by atoms with van der Waals surface area (Å²) in [4.78, 5) is 11.2. The van der Waals surface area contributed by atoms with Crippen LogP contribution in [0.2, 0.25) is 0 Å². The van der Waals surface area contributed by atoms with Gasteiger partial charge >= 0.3 is 0 Å². The summed E-state index contributed by atoms with van der Waals surface area (Å²) in [6.07, 6.45) is 6.87. The molecule has 0 aliphatic carbocycles. The van der Waals surface area contributed by atoms with Crippen LogP contribution in [-0.4, -0.2) is 12.5 Å². The third-order valence-corrected chi connectivity index (χ3v) is 1.46. The van der Waals surface area contributed by atoms with Gasteiger partial charge in [0.1, 0.15) is 0 Å². The fourth-order valence-corrected chi connectivity index (χ4v) is 0.832. The molecular formula is C9H10N2O2. The topological polar surface area (TPSA) is 68.3 Å². The van der Waals surface area contributed by atoms with E-state index in [1.54, 1.807) is 0 Å². The van der Waals surface area contributed by atoms with Crippen molar-refractivity contribution in [2.75, 3.05) is 12.3 Å². The van der Waals surface area contributed by atoms with Crippen molar-refractivity contribution in [3.63, 3.8) is 0 Å². The molecule has 0 spiro atoms. The highest BCUT2D eigenvalue weighted by molar-refractivity contribution is 5.96. The third-order valence-electron chi connectivity index (χ3n) is 1.46. The summed E-state index contributed by atoms with van der Waals surface area (Å²) in [7, 11) is 0. The van der Waals surface area contributed by atoms with Crippen LogP contribution in [0.1, 0.15) is 17.0 Å². The van der Waals surface area contributed by atoms with Gasteiger partial charge in [0.05, 0.1) is 12.0 Å². The summed E-state index contributed by atoms with van der Waals surface area (Å²) < 4.78 is 4.87. The van der Waals surface area contributed by atoms with Crippen molar-refractivity contribution in [2.24, 2.45) is 0 Å². The van der Waals surface area contributed by atoms with E-state index < -0.39 is 0 Å². The first-order chi connectivity index (χ1) is 6.25. The molecule has 1 rings (SSSR count). The molecule has 3 N–H and O–H groups in total. The quantitative estimate of drug-likeness (QED) is 0.526. The second-order valence-corrected chi connectivity index (χ2v) is 2.42. The van der Waals surface area contributed by atoms with Crippen molar-refractivity contribution in [2.45, 2.75) is 6.42 Å². The zero-order chi connectivity index (χ0) is 9.68. The lowest BCUT2D eigenvalue weighted by Crippen LogP contribution is -2.24. The molecule has 0 saturated carbocycles. The average Bonchev–Trinajstić information content (AvgIpc) is 2.52. The molecule has 0 aliphatic heterocycles. The van der Waals surface area contributed by atoms with Crippen molar-refractivity contribution in [3.05, 3.63) is 18.1 Å². The number of hydrogen-bond donors (Lipinski definition) is 2. The molecule has 0 saturated heterocycles. The van der Waals surface area contributed by atoms with E-state index in [4.69, 9.17) is 16.6 Å². The van der Waals surface area contributed by atoms with E-state index in [9.17, 15) is 4.79 Å². The predicted molar refractivity (Wildman–Crippen MR) is 48.9 cm³/mol. The minimum absolute atomic E-state index is 0.136. The Morgan fingerprint density at radius 3 is 3.08 bits per heavy atom. The molecule has 0 aromatic carbocycles. The number of carbonyl (C=O) groups is 1. The SMILES string of the molecule is C#CCCNC(=O)c1occc1N. The maximum absolute atomic E-state index is 11.2. The Labute approximate surface area is 76.1 Å². The minimum atomic E-state index is -0.335. The van der Waals surface area contributed by atoms with Crippen molar-refractivity contribution in [1.29, 1.82) is 0 Å². The number of hydrogen-bond acceptors (Lipinski definition) is 3. The Bertz CT molecular complexity index is 336. The van der Waals surface area contributed by atoms with Crippen LogP contribution in [0.4, 0.5) is 5.69 Å². The fraction of sp³-hybridized carbons (Fsp3) is 0.222. The van der Waals surface area contributed by atoms with Crippen molar-refractivity contribution < 1.29 is 9.21 Å². The summed E-state index contributed by atoms with van der Waals surface area (Å²) in [5, 5.41) is 2.57. The summed E-state index contributed by atoms with van der Waals surface area (Å²) in [6, 6.07) is 1.52. The van der Waals surface area contributed by atoms with Crippen LogP contribution in [-0.2, 0) is 0 Å². The van der Waals surface area contributed by atoms with Gasteiger partial charge in [-0.05, 0) is 0 Å². The number of amides is 1. The summed E-state index contributed by atoms with van der Waals surface area (Å²) >= 11 is 0. The van der Waals surface area contributed by atoms with E-state index in [1.807, 2.05) is 0 Å². The maximum Gasteiger partial charge on any atom is 0.289 e. The van der Waals surface area contributed by atoms with Gasteiger partial charge in [-0.2, -0.15) is 0 Å². The van der Waals surface area contributed by atoms with Crippen LogP contribution in [0, 0.1) is 12.3 Å². The first-order valence-electron chi connectivity index (χ1n) is 3.80. The van der Waals surface area contributed by atoms with Crippen molar-refractivity contribution >= 4 is 11.6 Å². The number of carbonyl (C=O) groups excluding carboxylic acids is 1. The Balaban J connectivity index is 2.50. The summed E-state index contributed by atoms with van der Waals surface area (Å²) in [5.74, 6) is 2.21. The number of anilines is 1. The molecule has 0 radical (unpaired) electrons. The van der Waals surface area contributed by atoms with E-state index in [2.05, 4.69) is 11.2 Å². The van der Waals surface area contributed by atoms with Gasteiger partial charge in [0.15, 0.2) is 0 Å². The Hall–Kier alpha value is -1.89. The molecule has 4 heteroatoms. The molecule has 68 valence electrons. The number of rotatable bonds is 3. The maximum atomic E-state index is 11.2. The van der Waals surface area contributed by atoms with E-state index in [0.29, 0.717) is 18.7 Å². The molecule has 0 aliphatic rings. The Morgan fingerprint density at radius 2 is 2.54 bits per heavy atom. The standard InChI is InChI=1S/C9H10N2O2/c1-2-3-5-11-9(12)8-7(10)4-6-13-8/h1,4,6H,3,5,10H2,(H,11,12). The fourth-order valence-electron chi connectivity index (χ4n) is 0.832. The van der Waals surface area contributed by atoms with Crippen molar-refractivity contribution in [1.82, 2.24) is 5.32 Å². The molecule has 1 amide bonds. The molecular weight excluding hydrogens is 168 g/mol. The molecule has 1 aromatic heterocycles. The zero-order valence-electron chi connectivity index (χ0n) is 7.04. The normalized spacial score (nSPS) is 9.15. The van der Waals surface area contributed by atoms with Crippen LogP contribution in [0.5, 0.6) is 0 Å². The van der Waals surface area contributed by atoms with Crippen LogP contribution < -0.4 is 11.1 Å². The van der Waals surface area contributed by atoms with Crippen molar-refractivity contribution in [3.8, 4) is 12.3 Å². The van der Waals surface area contributed by atoms with E-state index in [0.717, 1.165) is 0 Å². The van der Waals surface area contributed by atoms with Gasteiger partial charge in [-0.1, -0.05) is 0 Å². The predicted octanol–water partition coefficient (Wildman–Crippen LogP) is 0.615. The summed E-state index contributed by atoms with van der Waals surface area (Å²) in [6.45, 7) is 0.426.